The molecule has 0 spiro atoms. The first-order chi connectivity index (χ1) is 12.6. The van der Waals surface area contributed by atoms with Crippen LogP contribution in [-0.2, 0) is 22.6 Å². The van der Waals surface area contributed by atoms with Crippen LogP contribution in [0, 0.1) is 5.92 Å². The zero-order chi connectivity index (χ0) is 18.1. The van der Waals surface area contributed by atoms with E-state index in [1.807, 2.05) is 47.1 Å². The monoisotopic (exact) mass is 349 g/mol. The van der Waals surface area contributed by atoms with Crippen molar-refractivity contribution in [3.05, 3.63) is 59.7 Å². The maximum Gasteiger partial charge on any atom is 0.242 e. The van der Waals surface area contributed by atoms with Crippen LogP contribution in [0.4, 0.5) is 11.4 Å². The SMILES string of the molecule is CC1CN(CC(=O)N2CCc3ccccc3C2)c2ccccc2NC1=O. The molecule has 2 aliphatic rings. The van der Waals surface area contributed by atoms with Crippen LogP contribution in [0.15, 0.2) is 48.5 Å². The third-order valence-corrected chi connectivity index (χ3v) is 5.25. The minimum atomic E-state index is -0.169. The zero-order valence-corrected chi connectivity index (χ0v) is 14.9. The number of rotatable bonds is 2. The van der Waals surface area contributed by atoms with E-state index in [1.165, 1.54) is 11.1 Å². The molecule has 1 N–H and O–H groups in total. The topological polar surface area (TPSA) is 52.7 Å². The predicted molar refractivity (Wildman–Crippen MR) is 102 cm³/mol. The van der Waals surface area contributed by atoms with E-state index in [4.69, 9.17) is 0 Å². The quantitative estimate of drug-likeness (QED) is 0.907. The van der Waals surface area contributed by atoms with Gasteiger partial charge in [0, 0.05) is 19.6 Å². The number of fused-ring (bicyclic) bond motifs is 2. The first kappa shape index (κ1) is 16.6. The highest BCUT2D eigenvalue weighted by Crippen LogP contribution is 2.30. The summed E-state index contributed by atoms with van der Waals surface area (Å²) in [5.74, 6) is -0.0626. The van der Waals surface area contributed by atoms with E-state index < -0.39 is 0 Å². The average molecular weight is 349 g/mol. The van der Waals surface area contributed by atoms with Crippen LogP contribution in [0.1, 0.15) is 18.1 Å². The molecule has 2 aromatic carbocycles. The molecular formula is C21H23N3O2. The van der Waals surface area contributed by atoms with Gasteiger partial charge in [0.2, 0.25) is 11.8 Å². The Morgan fingerprint density at radius 3 is 2.69 bits per heavy atom. The third kappa shape index (κ3) is 3.17. The van der Waals surface area contributed by atoms with E-state index >= 15 is 0 Å². The summed E-state index contributed by atoms with van der Waals surface area (Å²) >= 11 is 0. The zero-order valence-electron chi connectivity index (χ0n) is 14.9. The molecule has 1 unspecified atom stereocenters. The molecule has 0 saturated carbocycles. The molecule has 0 aliphatic carbocycles. The number of nitrogens with one attached hydrogen (secondary N) is 1. The number of hydrogen-bond donors (Lipinski definition) is 1. The summed E-state index contributed by atoms with van der Waals surface area (Å²) in [5.41, 5.74) is 4.25. The van der Waals surface area contributed by atoms with Gasteiger partial charge < -0.3 is 15.1 Å². The molecule has 5 nitrogen and oxygen atoms in total. The summed E-state index contributed by atoms with van der Waals surface area (Å²) in [4.78, 5) is 29.1. The lowest BCUT2D eigenvalue weighted by Crippen LogP contribution is -2.44. The maximum atomic E-state index is 13.0. The molecule has 1 atom stereocenters. The Labute approximate surface area is 153 Å². The van der Waals surface area contributed by atoms with E-state index in [0.29, 0.717) is 19.6 Å². The molecule has 2 aromatic rings. The Hall–Kier alpha value is -2.82. The van der Waals surface area contributed by atoms with Gasteiger partial charge >= 0.3 is 0 Å². The van der Waals surface area contributed by atoms with Gasteiger partial charge in [-0.1, -0.05) is 43.3 Å². The summed E-state index contributed by atoms with van der Waals surface area (Å²) in [7, 11) is 0. The molecule has 2 heterocycles. The number of anilines is 2. The highest BCUT2D eigenvalue weighted by Gasteiger charge is 2.28. The van der Waals surface area contributed by atoms with Crippen molar-refractivity contribution in [2.75, 3.05) is 29.9 Å². The molecule has 2 amide bonds. The van der Waals surface area contributed by atoms with Crippen molar-refractivity contribution in [1.29, 1.82) is 0 Å². The Morgan fingerprint density at radius 2 is 1.85 bits per heavy atom. The lowest BCUT2D eigenvalue weighted by Gasteiger charge is -2.32. The number of para-hydroxylation sites is 2. The van der Waals surface area contributed by atoms with Crippen molar-refractivity contribution in [3.8, 4) is 0 Å². The molecular weight excluding hydrogens is 326 g/mol. The standard InChI is InChI=1S/C21H23N3O2/c1-15-12-24(19-9-5-4-8-18(19)22-21(15)26)14-20(25)23-11-10-16-6-2-3-7-17(16)13-23/h2-9,15H,10-14H2,1H3,(H,22,26). The van der Waals surface area contributed by atoms with E-state index in [2.05, 4.69) is 23.5 Å². The molecule has 2 aliphatic heterocycles. The lowest BCUT2D eigenvalue weighted by molar-refractivity contribution is -0.130. The van der Waals surface area contributed by atoms with Gasteiger partial charge in [-0.15, -0.1) is 0 Å². The Bertz CT molecular complexity index is 849. The van der Waals surface area contributed by atoms with Gasteiger partial charge in [0.05, 0.1) is 23.8 Å². The Kier molecular flexibility index (Phi) is 4.37. The second kappa shape index (κ2) is 6.83. The van der Waals surface area contributed by atoms with Crippen molar-refractivity contribution in [3.63, 3.8) is 0 Å². The van der Waals surface area contributed by atoms with Crippen LogP contribution in [0.25, 0.3) is 0 Å². The molecule has 0 bridgehead atoms. The van der Waals surface area contributed by atoms with Gasteiger partial charge in [-0.05, 0) is 29.7 Å². The molecule has 134 valence electrons. The third-order valence-electron chi connectivity index (χ3n) is 5.25. The van der Waals surface area contributed by atoms with Crippen LogP contribution < -0.4 is 10.2 Å². The summed E-state index contributed by atoms with van der Waals surface area (Å²) in [5, 5.41) is 2.96. The van der Waals surface area contributed by atoms with Gasteiger partial charge in [0.1, 0.15) is 0 Å². The molecule has 0 radical (unpaired) electrons. The summed E-state index contributed by atoms with van der Waals surface area (Å²) in [6.45, 7) is 4.14. The predicted octanol–water partition coefficient (Wildman–Crippen LogP) is 2.67. The summed E-state index contributed by atoms with van der Waals surface area (Å²) in [6, 6.07) is 16.0. The number of nitrogens with zero attached hydrogens (tertiary/aromatic N) is 2. The first-order valence-corrected chi connectivity index (χ1v) is 9.11. The second-order valence-electron chi connectivity index (χ2n) is 7.12. The van der Waals surface area contributed by atoms with Crippen molar-refractivity contribution < 1.29 is 9.59 Å². The van der Waals surface area contributed by atoms with Gasteiger partial charge in [-0.25, -0.2) is 0 Å². The van der Waals surface area contributed by atoms with Gasteiger partial charge in [-0.2, -0.15) is 0 Å². The second-order valence-corrected chi connectivity index (χ2v) is 7.12. The summed E-state index contributed by atoms with van der Waals surface area (Å²) < 4.78 is 0. The Balaban J connectivity index is 1.53. The van der Waals surface area contributed by atoms with E-state index in [9.17, 15) is 9.59 Å². The van der Waals surface area contributed by atoms with Gasteiger partial charge in [0.15, 0.2) is 0 Å². The highest BCUT2D eigenvalue weighted by molar-refractivity contribution is 5.98. The molecule has 0 fully saturated rings. The fourth-order valence-electron chi connectivity index (χ4n) is 3.74. The van der Waals surface area contributed by atoms with Crippen molar-refractivity contribution in [2.45, 2.75) is 19.9 Å². The minimum absolute atomic E-state index is 0.000649. The molecule has 5 heteroatoms. The number of amides is 2. The largest absolute Gasteiger partial charge is 0.360 e. The number of benzene rings is 2. The molecule has 4 rings (SSSR count). The normalized spacial score (nSPS) is 19.3. The first-order valence-electron chi connectivity index (χ1n) is 9.11. The van der Waals surface area contributed by atoms with Crippen molar-refractivity contribution in [1.82, 2.24) is 4.90 Å². The average Bonchev–Trinajstić information content (AvgIpc) is 2.78. The van der Waals surface area contributed by atoms with E-state index in [-0.39, 0.29) is 17.7 Å². The van der Waals surface area contributed by atoms with Crippen LogP contribution >= 0.6 is 0 Å². The van der Waals surface area contributed by atoms with Crippen molar-refractivity contribution in [2.24, 2.45) is 5.92 Å². The number of hydrogen-bond acceptors (Lipinski definition) is 3. The van der Waals surface area contributed by atoms with Gasteiger partial charge in [0.25, 0.3) is 0 Å². The molecule has 0 saturated heterocycles. The number of carbonyl (C=O) groups is 2. The molecule has 0 aromatic heterocycles. The van der Waals surface area contributed by atoms with Crippen LogP contribution in [0.3, 0.4) is 0 Å². The Morgan fingerprint density at radius 1 is 1.12 bits per heavy atom. The van der Waals surface area contributed by atoms with Crippen LogP contribution in [-0.4, -0.2) is 36.3 Å². The molecule has 26 heavy (non-hydrogen) atoms. The fraction of sp³-hybridized carbons (Fsp3) is 0.333. The number of carbonyl (C=O) groups excluding carboxylic acids is 2. The van der Waals surface area contributed by atoms with Gasteiger partial charge in [-0.3, -0.25) is 9.59 Å². The maximum absolute atomic E-state index is 13.0. The smallest absolute Gasteiger partial charge is 0.242 e. The summed E-state index contributed by atoms with van der Waals surface area (Å²) in [6.07, 6.45) is 0.898. The van der Waals surface area contributed by atoms with E-state index in [1.54, 1.807) is 0 Å². The van der Waals surface area contributed by atoms with Crippen LogP contribution in [0.2, 0.25) is 0 Å². The fourth-order valence-corrected chi connectivity index (χ4v) is 3.74. The van der Waals surface area contributed by atoms with Crippen LogP contribution in [0.5, 0.6) is 0 Å². The van der Waals surface area contributed by atoms with E-state index in [0.717, 1.165) is 24.3 Å². The minimum Gasteiger partial charge on any atom is -0.360 e. The lowest BCUT2D eigenvalue weighted by atomic mass is 10.00. The highest BCUT2D eigenvalue weighted by atomic mass is 16.2. The van der Waals surface area contributed by atoms with Crippen molar-refractivity contribution >= 4 is 23.2 Å².